The Bertz CT molecular complexity index is 378. The maximum absolute atomic E-state index is 13.4. The maximum Gasteiger partial charge on any atom is 0.130 e. The van der Waals surface area contributed by atoms with Gasteiger partial charge < -0.3 is 10.6 Å². The van der Waals surface area contributed by atoms with E-state index in [2.05, 4.69) is 13.8 Å². The van der Waals surface area contributed by atoms with Crippen molar-refractivity contribution in [3.8, 4) is 0 Å². The summed E-state index contributed by atoms with van der Waals surface area (Å²) in [6.45, 7) is 5.91. The SMILES string of the molecule is CN(Cc1ccc(F)cc1F)CC(C)(C)CN. The molecule has 0 saturated carbocycles. The minimum Gasteiger partial charge on any atom is -0.330 e. The molecule has 96 valence electrons. The molecular weight excluding hydrogens is 222 g/mol. The van der Waals surface area contributed by atoms with Crippen LogP contribution in [0.4, 0.5) is 8.78 Å². The minimum atomic E-state index is -0.545. The summed E-state index contributed by atoms with van der Waals surface area (Å²) in [6.07, 6.45) is 0. The molecule has 0 aliphatic rings. The Labute approximate surface area is 101 Å². The summed E-state index contributed by atoms with van der Waals surface area (Å²) in [6, 6.07) is 3.67. The molecule has 17 heavy (non-hydrogen) atoms. The average Bonchev–Trinajstić information content (AvgIpc) is 2.21. The molecule has 2 N–H and O–H groups in total. The number of hydrogen-bond acceptors (Lipinski definition) is 2. The predicted molar refractivity (Wildman–Crippen MR) is 65.5 cm³/mol. The molecule has 4 heteroatoms. The van der Waals surface area contributed by atoms with Crippen LogP contribution in [-0.2, 0) is 6.54 Å². The first-order valence-electron chi connectivity index (χ1n) is 5.66. The Morgan fingerprint density at radius 1 is 1.29 bits per heavy atom. The van der Waals surface area contributed by atoms with Crippen LogP contribution in [0, 0.1) is 17.0 Å². The summed E-state index contributed by atoms with van der Waals surface area (Å²) in [4.78, 5) is 1.99. The first-order valence-corrected chi connectivity index (χ1v) is 5.66. The van der Waals surface area contributed by atoms with Gasteiger partial charge in [0.25, 0.3) is 0 Å². The molecule has 1 rings (SSSR count). The molecule has 2 nitrogen and oxygen atoms in total. The molecule has 0 unspecified atom stereocenters. The van der Waals surface area contributed by atoms with Crippen LogP contribution in [0.1, 0.15) is 19.4 Å². The fourth-order valence-electron chi connectivity index (χ4n) is 1.79. The quantitative estimate of drug-likeness (QED) is 0.859. The Hall–Kier alpha value is -1.00. The van der Waals surface area contributed by atoms with Gasteiger partial charge in [-0.05, 0) is 25.1 Å². The second-order valence-corrected chi connectivity index (χ2v) is 5.28. The van der Waals surface area contributed by atoms with Crippen molar-refractivity contribution in [3.63, 3.8) is 0 Å². The summed E-state index contributed by atoms with van der Waals surface area (Å²) < 4.78 is 26.2. The van der Waals surface area contributed by atoms with Gasteiger partial charge in [0.2, 0.25) is 0 Å². The zero-order valence-corrected chi connectivity index (χ0v) is 10.6. The van der Waals surface area contributed by atoms with Crippen molar-refractivity contribution in [2.24, 2.45) is 11.1 Å². The molecule has 0 atom stereocenters. The van der Waals surface area contributed by atoms with Crippen molar-refractivity contribution >= 4 is 0 Å². The molecule has 0 heterocycles. The van der Waals surface area contributed by atoms with Crippen LogP contribution in [0.15, 0.2) is 18.2 Å². The van der Waals surface area contributed by atoms with Crippen LogP contribution in [0.3, 0.4) is 0 Å². The van der Waals surface area contributed by atoms with Crippen LogP contribution >= 0.6 is 0 Å². The summed E-state index contributed by atoms with van der Waals surface area (Å²) in [5.41, 5.74) is 6.14. The van der Waals surface area contributed by atoms with E-state index in [1.165, 1.54) is 12.1 Å². The van der Waals surface area contributed by atoms with Crippen molar-refractivity contribution in [2.45, 2.75) is 20.4 Å². The third kappa shape index (κ3) is 4.40. The van der Waals surface area contributed by atoms with Gasteiger partial charge in [0.15, 0.2) is 0 Å². The summed E-state index contributed by atoms with van der Waals surface area (Å²) in [5.74, 6) is -1.04. The fourth-order valence-corrected chi connectivity index (χ4v) is 1.79. The monoisotopic (exact) mass is 242 g/mol. The van der Waals surface area contributed by atoms with Gasteiger partial charge in [0.1, 0.15) is 11.6 Å². The Balaban J connectivity index is 2.65. The number of nitrogens with two attached hydrogens (primary N) is 1. The third-order valence-corrected chi connectivity index (χ3v) is 2.71. The van der Waals surface area contributed by atoms with Gasteiger partial charge in [-0.15, -0.1) is 0 Å². The first-order chi connectivity index (χ1) is 7.84. The van der Waals surface area contributed by atoms with E-state index in [1.54, 1.807) is 0 Å². The topological polar surface area (TPSA) is 29.3 Å². The number of nitrogens with zero attached hydrogens (tertiary/aromatic N) is 1. The maximum atomic E-state index is 13.4. The fraction of sp³-hybridized carbons (Fsp3) is 0.538. The van der Waals surface area contributed by atoms with Crippen LogP contribution < -0.4 is 5.73 Å². The van der Waals surface area contributed by atoms with Gasteiger partial charge >= 0.3 is 0 Å². The smallest absolute Gasteiger partial charge is 0.130 e. The number of halogens is 2. The van der Waals surface area contributed by atoms with E-state index in [4.69, 9.17) is 5.73 Å². The second kappa shape index (κ2) is 5.56. The highest BCUT2D eigenvalue weighted by molar-refractivity contribution is 5.18. The van der Waals surface area contributed by atoms with E-state index in [9.17, 15) is 8.78 Å². The molecule has 0 radical (unpaired) electrons. The zero-order chi connectivity index (χ0) is 13.1. The number of rotatable bonds is 5. The van der Waals surface area contributed by atoms with Gasteiger partial charge in [0, 0.05) is 24.7 Å². The summed E-state index contributed by atoms with van der Waals surface area (Å²) >= 11 is 0. The molecule has 0 bridgehead atoms. The lowest BCUT2D eigenvalue weighted by Gasteiger charge is -2.29. The number of hydrogen-bond donors (Lipinski definition) is 1. The summed E-state index contributed by atoms with van der Waals surface area (Å²) in [5, 5.41) is 0. The van der Waals surface area contributed by atoms with E-state index in [-0.39, 0.29) is 5.41 Å². The lowest BCUT2D eigenvalue weighted by Crippen LogP contribution is -2.36. The van der Waals surface area contributed by atoms with Crippen LogP contribution in [0.25, 0.3) is 0 Å². The van der Waals surface area contributed by atoms with Gasteiger partial charge in [-0.2, -0.15) is 0 Å². The highest BCUT2D eigenvalue weighted by Crippen LogP contribution is 2.17. The first kappa shape index (κ1) is 14.1. The molecule has 0 aliphatic carbocycles. The van der Waals surface area contributed by atoms with Crippen molar-refractivity contribution in [2.75, 3.05) is 20.1 Å². The lowest BCUT2D eigenvalue weighted by molar-refractivity contribution is 0.208. The molecular formula is C13H20F2N2. The van der Waals surface area contributed by atoms with Crippen LogP contribution in [-0.4, -0.2) is 25.0 Å². The van der Waals surface area contributed by atoms with Crippen molar-refractivity contribution in [1.29, 1.82) is 0 Å². The van der Waals surface area contributed by atoms with E-state index in [0.717, 1.165) is 12.6 Å². The zero-order valence-electron chi connectivity index (χ0n) is 10.6. The van der Waals surface area contributed by atoms with Gasteiger partial charge in [-0.3, -0.25) is 0 Å². The van der Waals surface area contributed by atoms with E-state index in [0.29, 0.717) is 18.7 Å². The number of benzene rings is 1. The molecule has 0 saturated heterocycles. The molecule has 0 aliphatic heterocycles. The molecule has 0 amide bonds. The predicted octanol–water partition coefficient (Wildman–Crippen LogP) is 2.38. The van der Waals surface area contributed by atoms with Crippen LogP contribution in [0.2, 0.25) is 0 Å². The molecule has 0 spiro atoms. The van der Waals surface area contributed by atoms with Gasteiger partial charge in [0.05, 0.1) is 0 Å². The van der Waals surface area contributed by atoms with Gasteiger partial charge in [-0.1, -0.05) is 19.9 Å². The average molecular weight is 242 g/mol. The summed E-state index contributed by atoms with van der Waals surface area (Å²) in [7, 11) is 1.90. The van der Waals surface area contributed by atoms with E-state index < -0.39 is 11.6 Å². The molecule has 1 aromatic carbocycles. The third-order valence-electron chi connectivity index (χ3n) is 2.71. The van der Waals surface area contributed by atoms with Crippen molar-refractivity contribution in [3.05, 3.63) is 35.4 Å². The van der Waals surface area contributed by atoms with Gasteiger partial charge in [-0.25, -0.2) is 8.78 Å². The molecule has 0 fully saturated rings. The highest BCUT2D eigenvalue weighted by Gasteiger charge is 2.18. The molecule has 1 aromatic rings. The van der Waals surface area contributed by atoms with Crippen molar-refractivity contribution in [1.82, 2.24) is 4.90 Å². The Kier molecular flexibility index (Phi) is 4.60. The van der Waals surface area contributed by atoms with Crippen LogP contribution in [0.5, 0.6) is 0 Å². The largest absolute Gasteiger partial charge is 0.330 e. The highest BCUT2D eigenvalue weighted by atomic mass is 19.1. The normalized spacial score (nSPS) is 12.2. The Morgan fingerprint density at radius 2 is 1.94 bits per heavy atom. The van der Waals surface area contributed by atoms with E-state index in [1.807, 2.05) is 11.9 Å². The second-order valence-electron chi connectivity index (χ2n) is 5.28. The standard InChI is InChI=1S/C13H20F2N2/c1-13(2,8-16)9-17(3)7-10-4-5-11(14)6-12(10)15/h4-6H,7-9,16H2,1-3H3. The van der Waals surface area contributed by atoms with E-state index >= 15 is 0 Å². The van der Waals surface area contributed by atoms with Crippen molar-refractivity contribution < 1.29 is 8.78 Å². The Morgan fingerprint density at radius 3 is 2.47 bits per heavy atom. The molecule has 0 aromatic heterocycles. The lowest BCUT2D eigenvalue weighted by atomic mass is 9.93. The minimum absolute atomic E-state index is 0.00867.